The lowest BCUT2D eigenvalue weighted by Gasteiger charge is -2.27. The van der Waals surface area contributed by atoms with Gasteiger partial charge in [-0.3, -0.25) is 4.79 Å². The number of hydrogen-bond donors (Lipinski definition) is 1. The maximum Gasteiger partial charge on any atom is 0.321 e. The number of piperidine rings is 1. The summed E-state index contributed by atoms with van der Waals surface area (Å²) in [6.45, 7) is 1.98. The van der Waals surface area contributed by atoms with Crippen LogP contribution < -0.4 is 0 Å². The Hall–Kier alpha value is -0.0375. The molecule has 0 radical (unpaired) electrons. The summed E-state index contributed by atoms with van der Waals surface area (Å²) in [6.07, 6.45) is 1.69. The monoisotopic (exact) mass is 157 g/mol. The first kappa shape index (κ1) is 8.06. The van der Waals surface area contributed by atoms with Crippen LogP contribution in [0.3, 0.4) is 0 Å². The van der Waals surface area contributed by atoms with Gasteiger partial charge in [0.2, 0.25) is 0 Å². The van der Waals surface area contributed by atoms with Crippen LogP contribution in [-0.2, 0) is 4.79 Å². The molecule has 1 rings (SSSR count). The van der Waals surface area contributed by atoms with E-state index in [0.29, 0.717) is 0 Å². The predicted molar refractivity (Wildman–Crippen MR) is 40.5 cm³/mol. The third kappa shape index (κ3) is 1.98. The van der Waals surface area contributed by atoms with Crippen molar-refractivity contribution >= 4 is 22.5 Å². The molecule has 0 atom stereocenters. The minimum atomic E-state index is -0.616. The fraction of sp³-hybridized carbons (Fsp3) is 0.833. The number of hydrogen-bond acceptors (Lipinski definition) is 2. The van der Waals surface area contributed by atoms with Crippen molar-refractivity contribution in [3.05, 3.63) is 0 Å². The maximum absolute atomic E-state index is 10.5. The van der Waals surface area contributed by atoms with E-state index in [1.54, 1.807) is 0 Å². The third-order valence-electron chi connectivity index (χ3n) is 2.07. The summed E-state index contributed by atoms with van der Waals surface area (Å²) < 4.78 is 2.31. The van der Waals surface area contributed by atoms with E-state index in [1.165, 1.54) is 0 Å². The molecule has 1 fully saturated rings. The van der Waals surface area contributed by atoms with Crippen LogP contribution >= 0.6 is 0 Å². The lowest BCUT2D eigenvalue weighted by Crippen LogP contribution is -2.34. The van der Waals surface area contributed by atoms with Gasteiger partial charge in [-0.25, -0.2) is 0 Å². The second-order valence-electron chi connectivity index (χ2n) is 2.92. The quantitative estimate of drug-likeness (QED) is 0.513. The number of aliphatic carboxylic acids is 1. The Balaban J connectivity index is 2.33. The highest BCUT2D eigenvalue weighted by Gasteiger charge is 2.21. The number of carbonyl (C=O) groups is 1. The number of rotatable bonds is 1. The van der Waals surface area contributed by atoms with Crippen LogP contribution in [-0.4, -0.2) is 44.6 Å². The zero-order valence-corrected chi connectivity index (χ0v) is 8.21. The van der Waals surface area contributed by atoms with Crippen molar-refractivity contribution in [1.82, 2.24) is 3.88 Å². The Labute approximate surface area is 68.7 Å². The summed E-state index contributed by atoms with van der Waals surface area (Å²) in [7, 11) is 0. The zero-order chi connectivity index (χ0) is 7.56. The molecule has 10 heavy (non-hydrogen) atoms. The van der Waals surface area contributed by atoms with Crippen LogP contribution in [0.1, 0.15) is 12.8 Å². The molecule has 0 spiro atoms. The molecule has 0 bridgehead atoms. The first-order valence-corrected chi connectivity index (χ1v) is 4.51. The third-order valence-corrected chi connectivity index (χ3v) is 2.96. The minimum Gasteiger partial charge on any atom is -0.481 e. The van der Waals surface area contributed by atoms with Gasteiger partial charge < -0.3 is 8.99 Å². The second-order valence-corrected chi connectivity index (χ2v) is 4.18. The zero-order valence-electron chi connectivity index (χ0n) is 6.21. The molecular formula is C6H12AlNO2. The van der Waals surface area contributed by atoms with Gasteiger partial charge in [0.15, 0.2) is 0 Å². The number of nitrogens with zero attached hydrogens (tertiary/aromatic N) is 1. The summed E-state index contributed by atoms with van der Waals surface area (Å²) in [5, 5.41) is 8.62. The highest BCUT2D eigenvalue weighted by molar-refractivity contribution is 6.04. The van der Waals surface area contributed by atoms with Crippen molar-refractivity contribution in [2.75, 3.05) is 13.1 Å². The van der Waals surface area contributed by atoms with Crippen LogP contribution in [0, 0.1) is 5.92 Å². The summed E-state index contributed by atoms with van der Waals surface area (Å²) in [4.78, 5) is 10.5. The number of carboxylic acid groups (broad SMARTS) is 1. The lowest BCUT2D eigenvalue weighted by molar-refractivity contribution is -0.142. The first-order chi connectivity index (χ1) is 4.70. The molecule has 3 nitrogen and oxygen atoms in total. The molecule has 1 N–H and O–H groups in total. The van der Waals surface area contributed by atoms with E-state index in [-0.39, 0.29) is 5.92 Å². The summed E-state index contributed by atoms with van der Waals surface area (Å²) in [6, 6.07) is 0. The molecular weight excluding hydrogens is 145 g/mol. The van der Waals surface area contributed by atoms with Gasteiger partial charge in [-0.15, -0.1) is 0 Å². The molecule has 0 amide bonds. The molecule has 4 heteroatoms. The molecule has 0 aromatic rings. The Kier molecular flexibility index (Phi) is 2.73. The highest BCUT2D eigenvalue weighted by Crippen LogP contribution is 2.14. The van der Waals surface area contributed by atoms with Gasteiger partial charge in [-0.2, -0.15) is 0 Å². The van der Waals surface area contributed by atoms with Crippen molar-refractivity contribution in [1.29, 1.82) is 0 Å². The molecule has 0 aromatic carbocycles. The van der Waals surface area contributed by atoms with E-state index in [4.69, 9.17) is 5.11 Å². The largest absolute Gasteiger partial charge is 0.481 e. The van der Waals surface area contributed by atoms with Crippen molar-refractivity contribution < 1.29 is 9.90 Å². The SMILES string of the molecule is O=C(O)C1CC[N]([AlH2])CC1. The highest BCUT2D eigenvalue weighted by atomic mass is 27.1. The Morgan fingerprint density at radius 1 is 1.50 bits per heavy atom. The molecule has 0 unspecified atom stereocenters. The Morgan fingerprint density at radius 3 is 2.40 bits per heavy atom. The van der Waals surface area contributed by atoms with E-state index in [9.17, 15) is 4.79 Å². The van der Waals surface area contributed by atoms with Gasteiger partial charge in [-0.1, -0.05) is 0 Å². The normalized spacial score (nSPS) is 22.8. The van der Waals surface area contributed by atoms with E-state index in [1.807, 2.05) is 0 Å². The van der Waals surface area contributed by atoms with Gasteiger partial charge in [-0.05, 0) is 25.9 Å². The van der Waals surface area contributed by atoms with Gasteiger partial charge in [0.25, 0.3) is 0 Å². The van der Waals surface area contributed by atoms with E-state index >= 15 is 0 Å². The first-order valence-electron chi connectivity index (χ1n) is 3.61. The van der Waals surface area contributed by atoms with Gasteiger partial charge in [0.05, 0.1) is 5.92 Å². The maximum atomic E-state index is 10.5. The lowest BCUT2D eigenvalue weighted by atomic mass is 9.99. The van der Waals surface area contributed by atoms with Crippen LogP contribution in [0.2, 0.25) is 0 Å². The van der Waals surface area contributed by atoms with Crippen LogP contribution in [0.25, 0.3) is 0 Å². The molecule has 1 aliphatic rings. The molecule has 1 heterocycles. The summed E-state index contributed by atoms with van der Waals surface area (Å²) >= 11 is 1.08. The standard InChI is InChI=1S/C6H10NO2.Al.2H/c8-6(9)5-1-3-7-4-2-5;;;/h5H,1-4H2,(H,8,9);;;/q-1;+1;;. The minimum absolute atomic E-state index is 0.0646. The number of carboxylic acids is 1. The van der Waals surface area contributed by atoms with Crippen LogP contribution in [0.15, 0.2) is 0 Å². The molecule has 1 aliphatic heterocycles. The van der Waals surface area contributed by atoms with E-state index in [2.05, 4.69) is 3.88 Å². The molecule has 0 aromatic heterocycles. The molecule has 0 saturated carbocycles. The van der Waals surface area contributed by atoms with Crippen molar-refractivity contribution in [2.24, 2.45) is 5.92 Å². The average Bonchev–Trinajstić information content (AvgIpc) is 1.88. The van der Waals surface area contributed by atoms with E-state index in [0.717, 1.165) is 42.4 Å². The van der Waals surface area contributed by atoms with Crippen LogP contribution in [0.4, 0.5) is 0 Å². The fourth-order valence-electron chi connectivity index (χ4n) is 1.26. The molecule has 1 saturated heterocycles. The predicted octanol–water partition coefficient (Wildman–Crippen LogP) is -0.669. The molecule has 56 valence electrons. The molecule has 0 aliphatic carbocycles. The van der Waals surface area contributed by atoms with Crippen molar-refractivity contribution in [3.8, 4) is 0 Å². The fourth-order valence-corrected chi connectivity index (χ4v) is 1.77. The summed E-state index contributed by atoms with van der Waals surface area (Å²) in [5.74, 6) is -0.681. The van der Waals surface area contributed by atoms with Gasteiger partial charge in [0, 0.05) is 0 Å². The van der Waals surface area contributed by atoms with Crippen molar-refractivity contribution in [3.63, 3.8) is 0 Å². The smallest absolute Gasteiger partial charge is 0.321 e. The average molecular weight is 157 g/mol. The second kappa shape index (κ2) is 3.38. The van der Waals surface area contributed by atoms with Crippen LogP contribution in [0.5, 0.6) is 0 Å². The van der Waals surface area contributed by atoms with Crippen molar-refractivity contribution in [2.45, 2.75) is 12.8 Å². The van der Waals surface area contributed by atoms with Gasteiger partial charge in [0.1, 0.15) is 0 Å². The topological polar surface area (TPSA) is 40.5 Å². The Bertz CT molecular complexity index is 132. The summed E-state index contributed by atoms with van der Waals surface area (Å²) in [5.41, 5.74) is 0. The van der Waals surface area contributed by atoms with E-state index < -0.39 is 5.97 Å². The van der Waals surface area contributed by atoms with Gasteiger partial charge >= 0.3 is 22.5 Å². The Morgan fingerprint density at radius 2 is 2.00 bits per heavy atom.